The zero-order valence-corrected chi connectivity index (χ0v) is 21.0. The average Bonchev–Trinajstić information content (AvgIpc) is 2.90. The van der Waals surface area contributed by atoms with E-state index in [9.17, 15) is 30.3 Å². The third-order valence-electron chi connectivity index (χ3n) is 6.38. The Labute approximate surface area is 217 Å². The molecule has 0 saturated heterocycles. The quantitative estimate of drug-likeness (QED) is 0.219. The van der Waals surface area contributed by atoms with Crippen LogP contribution in [0.25, 0.3) is 22.3 Å². The molecule has 5 N–H and O–H groups in total. The summed E-state index contributed by atoms with van der Waals surface area (Å²) in [7, 11) is 4.29. The fraction of sp³-hybridized carbons (Fsp3) is 0.250. The monoisotopic (exact) mass is 524 g/mol. The highest BCUT2D eigenvalue weighted by atomic mass is 16.5. The standard InChI is InChI=1S/C28H28O10/c1-35-23-8-15(22-12-21(33)27-20(32)10-17(30)11-26(27)38-22)9-24(36-2)18(23)6-16(13-29)28(34)14-4-5-19(31)25(7-14)37-3/h4-5,7-12,16,28-32,34H,6,13H2,1-3H3/t16-,28?/m1/s1. The predicted octanol–water partition coefficient (Wildman–Crippen LogP) is 3.49. The lowest BCUT2D eigenvalue weighted by Gasteiger charge is -2.24. The van der Waals surface area contributed by atoms with E-state index in [1.807, 2.05) is 0 Å². The van der Waals surface area contributed by atoms with Gasteiger partial charge in [0.1, 0.15) is 39.7 Å². The van der Waals surface area contributed by atoms with Gasteiger partial charge in [0, 0.05) is 41.9 Å². The van der Waals surface area contributed by atoms with Gasteiger partial charge in [0.15, 0.2) is 16.9 Å². The fourth-order valence-electron chi connectivity index (χ4n) is 4.41. The Balaban J connectivity index is 1.75. The minimum absolute atomic E-state index is 0.000182. The van der Waals surface area contributed by atoms with Crippen molar-refractivity contribution in [3.05, 3.63) is 69.9 Å². The number of hydrogen-bond donors (Lipinski definition) is 5. The number of phenolic OH excluding ortho intramolecular Hbond substituents is 3. The van der Waals surface area contributed by atoms with Crippen LogP contribution in [0.3, 0.4) is 0 Å². The molecule has 0 aliphatic carbocycles. The van der Waals surface area contributed by atoms with Crippen molar-refractivity contribution < 1.29 is 44.2 Å². The van der Waals surface area contributed by atoms with Gasteiger partial charge in [-0.15, -0.1) is 0 Å². The molecule has 1 unspecified atom stereocenters. The van der Waals surface area contributed by atoms with Gasteiger partial charge in [-0.05, 0) is 36.2 Å². The van der Waals surface area contributed by atoms with Crippen molar-refractivity contribution in [2.24, 2.45) is 5.92 Å². The molecule has 0 fully saturated rings. The van der Waals surface area contributed by atoms with Gasteiger partial charge in [-0.1, -0.05) is 6.07 Å². The zero-order valence-electron chi connectivity index (χ0n) is 21.0. The third-order valence-corrected chi connectivity index (χ3v) is 6.38. The van der Waals surface area contributed by atoms with Crippen LogP contribution in [-0.2, 0) is 6.42 Å². The van der Waals surface area contributed by atoms with Crippen LogP contribution in [0.2, 0.25) is 0 Å². The Bertz CT molecular complexity index is 1500. The molecule has 10 heteroatoms. The van der Waals surface area contributed by atoms with Crippen molar-refractivity contribution in [1.29, 1.82) is 0 Å². The number of aliphatic hydroxyl groups is 2. The molecule has 1 aromatic heterocycles. The van der Waals surface area contributed by atoms with Crippen molar-refractivity contribution in [2.45, 2.75) is 12.5 Å². The van der Waals surface area contributed by atoms with Crippen molar-refractivity contribution >= 4 is 11.0 Å². The van der Waals surface area contributed by atoms with Gasteiger partial charge in [0.05, 0.1) is 27.4 Å². The number of hydrogen-bond acceptors (Lipinski definition) is 10. The highest BCUT2D eigenvalue weighted by Crippen LogP contribution is 2.40. The smallest absolute Gasteiger partial charge is 0.197 e. The molecule has 0 aliphatic rings. The highest BCUT2D eigenvalue weighted by molar-refractivity contribution is 5.86. The van der Waals surface area contributed by atoms with E-state index in [4.69, 9.17) is 18.6 Å². The summed E-state index contributed by atoms with van der Waals surface area (Å²) in [6.45, 7) is -0.370. The van der Waals surface area contributed by atoms with Crippen molar-refractivity contribution in [2.75, 3.05) is 27.9 Å². The van der Waals surface area contributed by atoms with E-state index in [-0.39, 0.29) is 47.0 Å². The predicted molar refractivity (Wildman–Crippen MR) is 138 cm³/mol. The molecule has 0 bridgehead atoms. The van der Waals surface area contributed by atoms with Crippen LogP contribution in [0.5, 0.6) is 34.5 Å². The van der Waals surface area contributed by atoms with Gasteiger partial charge in [-0.25, -0.2) is 0 Å². The highest BCUT2D eigenvalue weighted by Gasteiger charge is 2.26. The first kappa shape index (κ1) is 26.6. The molecule has 0 spiro atoms. The molecule has 200 valence electrons. The average molecular weight is 525 g/mol. The van der Waals surface area contributed by atoms with Crippen LogP contribution in [0.1, 0.15) is 17.2 Å². The zero-order chi connectivity index (χ0) is 27.6. The van der Waals surface area contributed by atoms with E-state index >= 15 is 0 Å². The number of benzene rings is 3. The largest absolute Gasteiger partial charge is 0.508 e. The summed E-state index contributed by atoms with van der Waals surface area (Å²) in [6, 6.07) is 11.2. The van der Waals surface area contributed by atoms with Gasteiger partial charge in [0.25, 0.3) is 0 Å². The second-order valence-electron chi connectivity index (χ2n) is 8.70. The Morgan fingerprint density at radius 2 is 1.50 bits per heavy atom. The van der Waals surface area contributed by atoms with Crippen LogP contribution in [0, 0.1) is 5.92 Å². The molecule has 0 saturated carbocycles. The van der Waals surface area contributed by atoms with E-state index in [1.54, 1.807) is 18.2 Å². The van der Waals surface area contributed by atoms with Gasteiger partial charge >= 0.3 is 0 Å². The van der Waals surface area contributed by atoms with Crippen LogP contribution < -0.4 is 19.6 Å². The number of fused-ring (bicyclic) bond motifs is 1. The lowest BCUT2D eigenvalue weighted by atomic mass is 9.89. The third kappa shape index (κ3) is 5.04. The summed E-state index contributed by atoms with van der Waals surface area (Å²) in [4.78, 5) is 12.7. The van der Waals surface area contributed by atoms with E-state index in [1.165, 1.54) is 45.6 Å². The first-order valence-electron chi connectivity index (χ1n) is 11.6. The summed E-state index contributed by atoms with van der Waals surface area (Å²) >= 11 is 0. The van der Waals surface area contributed by atoms with Crippen molar-refractivity contribution in [1.82, 2.24) is 0 Å². The minimum atomic E-state index is -1.11. The Morgan fingerprint density at radius 1 is 0.842 bits per heavy atom. The molecule has 38 heavy (non-hydrogen) atoms. The molecule has 4 aromatic rings. The van der Waals surface area contributed by atoms with Gasteiger partial charge in [-0.3, -0.25) is 4.79 Å². The summed E-state index contributed by atoms with van der Waals surface area (Å²) in [5, 5.41) is 50.8. The number of ether oxygens (including phenoxy) is 3. The number of rotatable bonds is 9. The molecule has 4 rings (SSSR count). The summed E-state index contributed by atoms with van der Waals surface area (Å²) in [5.41, 5.74) is 0.917. The van der Waals surface area contributed by atoms with Gasteiger partial charge in [0.2, 0.25) is 0 Å². The molecule has 0 aliphatic heterocycles. The van der Waals surface area contributed by atoms with E-state index in [0.717, 1.165) is 6.07 Å². The molecule has 2 atom stereocenters. The van der Waals surface area contributed by atoms with Gasteiger partial charge in [-0.2, -0.15) is 0 Å². The van der Waals surface area contributed by atoms with E-state index in [0.29, 0.717) is 28.2 Å². The first-order chi connectivity index (χ1) is 18.2. The Morgan fingerprint density at radius 3 is 2.11 bits per heavy atom. The molecule has 0 radical (unpaired) electrons. The second kappa shape index (κ2) is 10.9. The van der Waals surface area contributed by atoms with Gasteiger partial charge < -0.3 is 44.2 Å². The molecule has 3 aromatic carbocycles. The maximum absolute atomic E-state index is 12.7. The number of aromatic hydroxyl groups is 3. The summed E-state index contributed by atoms with van der Waals surface area (Å²) < 4.78 is 22.1. The van der Waals surface area contributed by atoms with Crippen LogP contribution in [0.15, 0.2) is 57.7 Å². The van der Waals surface area contributed by atoms with Crippen LogP contribution in [0.4, 0.5) is 0 Å². The van der Waals surface area contributed by atoms with E-state index in [2.05, 4.69) is 0 Å². The SMILES string of the molecule is COc1cc(C(O)[C@@H](CO)Cc2c(OC)cc(-c3cc(=O)c4c(O)cc(O)cc4o3)cc2OC)ccc1O. The maximum Gasteiger partial charge on any atom is 0.197 e. The Kier molecular flexibility index (Phi) is 7.65. The molecular weight excluding hydrogens is 496 g/mol. The van der Waals surface area contributed by atoms with Crippen molar-refractivity contribution in [3.8, 4) is 45.8 Å². The van der Waals surface area contributed by atoms with Crippen LogP contribution in [-0.4, -0.2) is 53.5 Å². The van der Waals surface area contributed by atoms with Crippen LogP contribution >= 0.6 is 0 Å². The lowest BCUT2D eigenvalue weighted by molar-refractivity contribution is 0.0660. The minimum Gasteiger partial charge on any atom is -0.508 e. The summed E-state index contributed by atoms with van der Waals surface area (Å²) in [5.74, 6) is -0.367. The van der Waals surface area contributed by atoms with E-state index < -0.39 is 23.2 Å². The molecule has 10 nitrogen and oxygen atoms in total. The van der Waals surface area contributed by atoms with Crippen molar-refractivity contribution in [3.63, 3.8) is 0 Å². The summed E-state index contributed by atoms with van der Waals surface area (Å²) in [6.07, 6.45) is -0.959. The lowest BCUT2D eigenvalue weighted by Crippen LogP contribution is -2.20. The maximum atomic E-state index is 12.7. The topological polar surface area (TPSA) is 159 Å². The normalized spacial score (nSPS) is 12.8. The number of phenols is 3. The Hall–Kier alpha value is -4.41. The number of aliphatic hydroxyl groups excluding tert-OH is 2. The molecule has 0 amide bonds. The fourth-order valence-corrected chi connectivity index (χ4v) is 4.41. The number of methoxy groups -OCH3 is 3. The first-order valence-corrected chi connectivity index (χ1v) is 11.6. The molecule has 1 heterocycles. The second-order valence-corrected chi connectivity index (χ2v) is 8.70. The molecular formula is C28H28O10.